The Morgan fingerprint density at radius 2 is 1.65 bits per heavy atom. The Bertz CT molecular complexity index is 834. The Hall–Kier alpha value is -3.08. The fourth-order valence-electron chi connectivity index (χ4n) is 2.52. The van der Waals surface area contributed by atoms with Crippen molar-refractivity contribution in [2.24, 2.45) is 0 Å². The van der Waals surface area contributed by atoms with E-state index in [1.807, 2.05) is 37.3 Å². The molecule has 0 aliphatic heterocycles. The molecule has 0 saturated heterocycles. The summed E-state index contributed by atoms with van der Waals surface area (Å²) in [7, 11) is 0. The van der Waals surface area contributed by atoms with E-state index in [9.17, 15) is 10.1 Å². The second-order valence-electron chi connectivity index (χ2n) is 5.08. The van der Waals surface area contributed by atoms with Crippen LogP contribution in [0.5, 0.6) is 0 Å². The molecule has 0 aliphatic rings. The molecular weight excluding hydrogens is 290 g/mol. The van der Waals surface area contributed by atoms with Crippen LogP contribution >= 0.6 is 0 Å². The summed E-state index contributed by atoms with van der Waals surface area (Å²) in [5, 5.41) is 11.5. The summed E-state index contributed by atoms with van der Waals surface area (Å²) < 4.78 is 0. The number of hydrogen-bond donors (Lipinski definition) is 0. The maximum Gasteiger partial charge on any atom is 0.295 e. The van der Waals surface area contributed by atoms with Crippen LogP contribution in [0.25, 0.3) is 22.5 Å². The monoisotopic (exact) mass is 305 g/mol. The number of aryl methyl sites for hydroxylation is 1. The first kappa shape index (κ1) is 14.8. The number of pyridine rings is 2. The molecule has 3 aromatic rings. The molecule has 3 rings (SSSR count). The van der Waals surface area contributed by atoms with Gasteiger partial charge in [-0.25, -0.2) is 4.98 Å². The highest BCUT2D eigenvalue weighted by Crippen LogP contribution is 2.33. The summed E-state index contributed by atoms with van der Waals surface area (Å²) in [4.78, 5) is 19.7. The third kappa shape index (κ3) is 2.94. The minimum atomic E-state index is -0.378. The molecule has 2 aromatic heterocycles. The van der Waals surface area contributed by atoms with E-state index in [0.717, 1.165) is 16.8 Å². The van der Waals surface area contributed by atoms with Gasteiger partial charge in [-0.3, -0.25) is 15.1 Å². The minimum Gasteiger partial charge on any atom is -0.265 e. The average Bonchev–Trinajstić information content (AvgIpc) is 2.62. The molecule has 1 aromatic carbocycles. The van der Waals surface area contributed by atoms with Crippen molar-refractivity contribution in [2.75, 3.05) is 0 Å². The Kier molecular flexibility index (Phi) is 4.10. The number of hydrogen-bond acceptors (Lipinski definition) is 4. The zero-order valence-electron chi connectivity index (χ0n) is 12.6. The van der Waals surface area contributed by atoms with Gasteiger partial charge in [-0.05, 0) is 24.1 Å². The Morgan fingerprint density at radius 3 is 2.26 bits per heavy atom. The zero-order chi connectivity index (χ0) is 16.2. The van der Waals surface area contributed by atoms with E-state index >= 15 is 0 Å². The lowest BCUT2D eigenvalue weighted by Crippen LogP contribution is -2.01. The molecule has 0 aliphatic carbocycles. The molecule has 0 fully saturated rings. The fraction of sp³-hybridized carbons (Fsp3) is 0.111. The first-order chi connectivity index (χ1) is 11.2. The van der Waals surface area contributed by atoms with Crippen LogP contribution in [0.2, 0.25) is 0 Å². The molecule has 0 saturated carbocycles. The molecule has 5 heteroatoms. The highest BCUT2D eigenvalue weighted by atomic mass is 16.6. The van der Waals surface area contributed by atoms with Crippen LogP contribution in [0.1, 0.15) is 12.5 Å². The Morgan fingerprint density at radius 1 is 1.00 bits per heavy atom. The molecular formula is C18H15N3O2. The summed E-state index contributed by atoms with van der Waals surface area (Å²) in [6, 6.07) is 14.8. The van der Waals surface area contributed by atoms with Crippen LogP contribution < -0.4 is 0 Å². The van der Waals surface area contributed by atoms with Gasteiger partial charge in [-0.1, -0.05) is 37.3 Å². The van der Waals surface area contributed by atoms with Gasteiger partial charge in [0.2, 0.25) is 0 Å². The van der Waals surface area contributed by atoms with Crippen LogP contribution in [0.4, 0.5) is 5.69 Å². The molecule has 0 unspecified atom stereocenters. The largest absolute Gasteiger partial charge is 0.295 e. The Labute approximate surface area is 133 Å². The van der Waals surface area contributed by atoms with Crippen molar-refractivity contribution in [1.29, 1.82) is 0 Å². The van der Waals surface area contributed by atoms with Gasteiger partial charge in [-0.15, -0.1) is 0 Å². The van der Waals surface area contributed by atoms with Crippen molar-refractivity contribution < 1.29 is 4.92 Å². The molecule has 5 nitrogen and oxygen atoms in total. The molecule has 0 atom stereocenters. The molecule has 0 spiro atoms. The SMILES string of the molecule is CCc1cc([N+](=O)[O-])c(-c2ccncc2)nc1-c1ccccc1. The van der Waals surface area contributed by atoms with Crippen LogP contribution in [0, 0.1) is 10.1 Å². The number of nitro groups is 1. The van der Waals surface area contributed by atoms with E-state index in [2.05, 4.69) is 9.97 Å². The van der Waals surface area contributed by atoms with Crippen LogP contribution in [0.3, 0.4) is 0 Å². The predicted molar refractivity (Wildman–Crippen MR) is 88.9 cm³/mol. The van der Waals surface area contributed by atoms with E-state index < -0.39 is 0 Å². The van der Waals surface area contributed by atoms with E-state index in [-0.39, 0.29) is 10.6 Å². The van der Waals surface area contributed by atoms with E-state index in [1.54, 1.807) is 30.6 Å². The van der Waals surface area contributed by atoms with E-state index in [4.69, 9.17) is 0 Å². The van der Waals surface area contributed by atoms with Crippen molar-refractivity contribution in [3.63, 3.8) is 0 Å². The quantitative estimate of drug-likeness (QED) is 0.533. The zero-order valence-corrected chi connectivity index (χ0v) is 12.6. The summed E-state index contributed by atoms with van der Waals surface area (Å²) in [5.41, 5.74) is 3.67. The molecule has 23 heavy (non-hydrogen) atoms. The van der Waals surface area contributed by atoms with E-state index in [0.29, 0.717) is 17.7 Å². The van der Waals surface area contributed by atoms with Gasteiger partial charge in [0, 0.05) is 29.6 Å². The normalized spacial score (nSPS) is 10.5. The lowest BCUT2D eigenvalue weighted by Gasteiger charge is -2.11. The summed E-state index contributed by atoms with van der Waals surface area (Å²) in [6.45, 7) is 1.97. The molecule has 0 bridgehead atoms. The molecule has 0 amide bonds. The fourth-order valence-corrected chi connectivity index (χ4v) is 2.52. The number of benzene rings is 1. The number of aromatic nitrogens is 2. The number of rotatable bonds is 4. The van der Waals surface area contributed by atoms with Gasteiger partial charge in [0.05, 0.1) is 10.6 Å². The average molecular weight is 305 g/mol. The molecule has 114 valence electrons. The smallest absolute Gasteiger partial charge is 0.265 e. The van der Waals surface area contributed by atoms with Crippen LogP contribution in [0.15, 0.2) is 60.9 Å². The lowest BCUT2D eigenvalue weighted by atomic mass is 10.0. The van der Waals surface area contributed by atoms with E-state index in [1.165, 1.54) is 0 Å². The van der Waals surface area contributed by atoms with Gasteiger partial charge in [0.25, 0.3) is 5.69 Å². The van der Waals surface area contributed by atoms with Gasteiger partial charge < -0.3 is 0 Å². The molecule has 2 heterocycles. The van der Waals surface area contributed by atoms with Crippen molar-refractivity contribution in [1.82, 2.24) is 9.97 Å². The summed E-state index contributed by atoms with van der Waals surface area (Å²) in [5.74, 6) is 0. The topological polar surface area (TPSA) is 68.9 Å². The third-order valence-corrected chi connectivity index (χ3v) is 3.66. The third-order valence-electron chi connectivity index (χ3n) is 3.66. The second-order valence-corrected chi connectivity index (χ2v) is 5.08. The number of nitrogens with zero attached hydrogens (tertiary/aromatic N) is 3. The summed E-state index contributed by atoms with van der Waals surface area (Å²) in [6.07, 6.45) is 3.89. The maximum absolute atomic E-state index is 11.5. The van der Waals surface area contributed by atoms with Gasteiger partial charge in [-0.2, -0.15) is 0 Å². The predicted octanol–water partition coefficient (Wildman–Crippen LogP) is 4.28. The maximum atomic E-state index is 11.5. The minimum absolute atomic E-state index is 0.0210. The van der Waals surface area contributed by atoms with Crippen molar-refractivity contribution in [3.05, 3.63) is 76.6 Å². The second kappa shape index (κ2) is 6.36. The lowest BCUT2D eigenvalue weighted by molar-refractivity contribution is -0.384. The van der Waals surface area contributed by atoms with Crippen molar-refractivity contribution >= 4 is 5.69 Å². The van der Waals surface area contributed by atoms with Crippen molar-refractivity contribution in [3.8, 4) is 22.5 Å². The first-order valence-electron chi connectivity index (χ1n) is 7.35. The highest BCUT2D eigenvalue weighted by molar-refractivity contribution is 5.75. The van der Waals surface area contributed by atoms with Gasteiger partial charge in [0.1, 0.15) is 5.69 Å². The van der Waals surface area contributed by atoms with Crippen LogP contribution in [-0.4, -0.2) is 14.9 Å². The van der Waals surface area contributed by atoms with Crippen molar-refractivity contribution in [2.45, 2.75) is 13.3 Å². The first-order valence-corrected chi connectivity index (χ1v) is 7.35. The van der Waals surface area contributed by atoms with Gasteiger partial charge in [0.15, 0.2) is 0 Å². The molecule has 0 N–H and O–H groups in total. The van der Waals surface area contributed by atoms with Gasteiger partial charge >= 0.3 is 0 Å². The highest BCUT2D eigenvalue weighted by Gasteiger charge is 2.21. The van der Waals surface area contributed by atoms with Crippen LogP contribution in [-0.2, 0) is 6.42 Å². The Balaban J connectivity index is 2.28. The standard InChI is InChI=1S/C18H15N3O2/c1-2-13-12-16(21(22)23)18(15-8-10-19-11-9-15)20-17(13)14-6-4-3-5-7-14/h3-12H,2H2,1H3. The molecule has 0 radical (unpaired) electrons. The summed E-state index contributed by atoms with van der Waals surface area (Å²) >= 11 is 0.